The molecule has 4 nitrogen and oxygen atoms in total. The Kier molecular flexibility index (Phi) is 6.32. The quantitative estimate of drug-likeness (QED) is 0.436. The van der Waals surface area contributed by atoms with Gasteiger partial charge < -0.3 is 19.4 Å². The fourth-order valence-electron chi connectivity index (χ4n) is 3.37. The largest absolute Gasteiger partial charge is 0.508 e. The number of rotatable bonds is 7. The fraction of sp³-hybridized carbons (Fsp3) is 0.280. The van der Waals surface area contributed by atoms with E-state index >= 15 is 0 Å². The summed E-state index contributed by atoms with van der Waals surface area (Å²) in [6.45, 7) is 6.38. The number of phenols is 2. The number of ether oxygens (including phenoxy) is 1. The summed E-state index contributed by atoms with van der Waals surface area (Å²) in [6, 6.07) is 10.3. The highest BCUT2D eigenvalue weighted by Gasteiger charge is 2.15. The molecular formula is C25H28O4. The molecule has 3 aromatic rings. The van der Waals surface area contributed by atoms with Crippen molar-refractivity contribution in [1.82, 2.24) is 0 Å². The Hall–Kier alpha value is -3.14. The molecule has 0 saturated carbocycles. The number of hydrogen-bond donors (Lipinski definition) is 2. The van der Waals surface area contributed by atoms with Gasteiger partial charge >= 0.3 is 0 Å². The molecule has 0 atom stereocenters. The van der Waals surface area contributed by atoms with E-state index in [0.29, 0.717) is 17.7 Å². The molecule has 0 unspecified atom stereocenters. The Morgan fingerprint density at radius 2 is 1.72 bits per heavy atom. The lowest BCUT2D eigenvalue weighted by Gasteiger charge is -2.08. The van der Waals surface area contributed by atoms with Crippen LogP contribution < -0.4 is 4.74 Å². The van der Waals surface area contributed by atoms with E-state index in [2.05, 4.69) is 32.9 Å². The Balaban J connectivity index is 1.95. The molecule has 152 valence electrons. The van der Waals surface area contributed by atoms with Gasteiger partial charge in [0.2, 0.25) is 0 Å². The summed E-state index contributed by atoms with van der Waals surface area (Å²) in [6.07, 6.45) is 7.24. The van der Waals surface area contributed by atoms with E-state index in [1.807, 2.05) is 18.2 Å². The Morgan fingerprint density at radius 1 is 1.00 bits per heavy atom. The number of fused-ring (bicyclic) bond motifs is 1. The van der Waals surface area contributed by atoms with E-state index in [1.165, 1.54) is 17.2 Å². The summed E-state index contributed by atoms with van der Waals surface area (Å²) < 4.78 is 11.7. The molecule has 0 aliphatic rings. The molecule has 0 aliphatic heterocycles. The van der Waals surface area contributed by atoms with E-state index in [9.17, 15) is 10.2 Å². The fourth-order valence-corrected chi connectivity index (χ4v) is 3.37. The number of phenolic OH excluding ortho intramolecular Hbond substituents is 2. The SMILES string of the molecule is COc1ccc2cc(-c3cc(O)cc(O)c3)oc2c1C/C=C(/C)CCC=C(C)C. The van der Waals surface area contributed by atoms with Crippen molar-refractivity contribution in [3.63, 3.8) is 0 Å². The maximum Gasteiger partial charge on any atom is 0.142 e. The van der Waals surface area contributed by atoms with Crippen molar-refractivity contribution in [1.29, 1.82) is 0 Å². The van der Waals surface area contributed by atoms with Crippen molar-refractivity contribution >= 4 is 11.0 Å². The first-order chi connectivity index (χ1) is 13.9. The topological polar surface area (TPSA) is 62.8 Å². The second kappa shape index (κ2) is 8.91. The number of allylic oxidation sites excluding steroid dienone is 4. The zero-order chi connectivity index (χ0) is 21.0. The van der Waals surface area contributed by atoms with Crippen LogP contribution in [0.5, 0.6) is 17.2 Å². The second-order valence-corrected chi connectivity index (χ2v) is 7.59. The summed E-state index contributed by atoms with van der Waals surface area (Å²) in [5.41, 5.74) is 5.03. The predicted molar refractivity (Wildman–Crippen MR) is 118 cm³/mol. The zero-order valence-electron chi connectivity index (χ0n) is 17.5. The van der Waals surface area contributed by atoms with Gasteiger partial charge in [-0.05, 0) is 70.4 Å². The molecule has 0 amide bonds. The molecule has 0 bridgehead atoms. The third kappa shape index (κ3) is 5.02. The first-order valence-corrected chi connectivity index (χ1v) is 9.79. The average Bonchev–Trinajstić information content (AvgIpc) is 3.09. The number of furan rings is 1. The Bertz CT molecular complexity index is 1050. The smallest absolute Gasteiger partial charge is 0.142 e. The molecule has 0 fully saturated rings. The Morgan fingerprint density at radius 3 is 2.38 bits per heavy atom. The number of hydrogen-bond acceptors (Lipinski definition) is 4. The monoisotopic (exact) mass is 392 g/mol. The number of aromatic hydroxyl groups is 2. The molecule has 4 heteroatoms. The molecule has 1 heterocycles. The second-order valence-electron chi connectivity index (χ2n) is 7.59. The summed E-state index contributed by atoms with van der Waals surface area (Å²) in [5.74, 6) is 1.36. The normalized spacial score (nSPS) is 11.7. The number of methoxy groups -OCH3 is 1. The first-order valence-electron chi connectivity index (χ1n) is 9.79. The van der Waals surface area contributed by atoms with Crippen LogP contribution in [0.25, 0.3) is 22.3 Å². The van der Waals surface area contributed by atoms with Gasteiger partial charge in [0, 0.05) is 22.6 Å². The van der Waals surface area contributed by atoms with E-state index in [0.717, 1.165) is 35.1 Å². The van der Waals surface area contributed by atoms with E-state index in [1.54, 1.807) is 19.2 Å². The van der Waals surface area contributed by atoms with Gasteiger partial charge in [0.05, 0.1) is 7.11 Å². The van der Waals surface area contributed by atoms with Gasteiger partial charge in [-0.15, -0.1) is 0 Å². The third-order valence-corrected chi connectivity index (χ3v) is 4.90. The van der Waals surface area contributed by atoms with Crippen LogP contribution in [-0.4, -0.2) is 17.3 Å². The van der Waals surface area contributed by atoms with Gasteiger partial charge in [-0.25, -0.2) is 0 Å². The van der Waals surface area contributed by atoms with E-state index in [4.69, 9.17) is 9.15 Å². The van der Waals surface area contributed by atoms with Gasteiger partial charge in [-0.1, -0.05) is 23.3 Å². The molecule has 0 saturated heterocycles. The lowest BCUT2D eigenvalue weighted by atomic mass is 10.0. The van der Waals surface area contributed by atoms with Crippen LogP contribution in [0.15, 0.2) is 64.1 Å². The van der Waals surface area contributed by atoms with Crippen LogP contribution in [0, 0.1) is 0 Å². The van der Waals surface area contributed by atoms with Gasteiger partial charge in [-0.3, -0.25) is 0 Å². The van der Waals surface area contributed by atoms with Gasteiger partial charge in [-0.2, -0.15) is 0 Å². The van der Waals surface area contributed by atoms with Crippen LogP contribution >= 0.6 is 0 Å². The third-order valence-electron chi connectivity index (χ3n) is 4.90. The van der Waals surface area contributed by atoms with Crippen LogP contribution in [0.3, 0.4) is 0 Å². The molecule has 29 heavy (non-hydrogen) atoms. The minimum absolute atomic E-state index is 0.00631. The maximum absolute atomic E-state index is 9.78. The standard InChI is InChI=1S/C25H28O4/c1-16(2)6-5-7-17(3)8-10-22-23(28-4)11-9-18-14-24(29-25(18)22)19-12-20(26)15-21(27)13-19/h6,8-9,11-15,26-27H,5,7,10H2,1-4H3/b17-8-. The summed E-state index contributed by atoms with van der Waals surface area (Å²) in [5, 5.41) is 20.5. The van der Waals surface area contributed by atoms with Gasteiger partial charge in [0.15, 0.2) is 0 Å². The molecule has 2 N–H and O–H groups in total. The van der Waals surface area contributed by atoms with Crippen LogP contribution in [0.4, 0.5) is 0 Å². The van der Waals surface area contributed by atoms with Crippen molar-refractivity contribution in [2.45, 2.75) is 40.0 Å². The van der Waals surface area contributed by atoms with Crippen LogP contribution in [-0.2, 0) is 6.42 Å². The highest BCUT2D eigenvalue weighted by atomic mass is 16.5. The highest BCUT2D eigenvalue weighted by molar-refractivity contribution is 5.87. The van der Waals surface area contributed by atoms with Crippen LogP contribution in [0.1, 0.15) is 39.2 Å². The Labute approximate surface area is 171 Å². The van der Waals surface area contributed by atoms with Crippen molar-refractivity contribution in [2.24, 2.45) is 0 Å². The molecule has 0 spiro atoms. The van der Waals surface area contributed by atoms with Crippen molar-refractivity contribution in [3.8, 4) is 28.6 Å². The molecule has 3 rings (SSSR count). The minimum Gasteiger partial charge on any atom is -0.508 e. The zero-order valence-corrected chi connectivity index (χ0v) is 17.5. The maximum atomic E-state index is 9.78. The molecule has 1 aromatic heterocycles. The highest BCUT2D eigenvalue weighted by Crippen LogP contribution is 2.37. The lowest BCUT2D eigenvalue weighted by molar-refractivity contribution is 0.410. The van der Waals surface area contributed by atoms with Crippen molar-refractivity contribution in [3.05, 3.63) is 65.3 Å². The first kappa shape index (κ1) is 20.6. The van der Waals surface area contributed by atoms with Crippen molar-refractivity contribution < 1.29 is 19.4 Å². The number of benzene rings is 2. The predicted octanol–water partition coefficient (Wildman–Crippen LogP) is 6.75. The van der Waals surface area contributed by atoms with E-state index in [-0.39, 0.29) is 11.5 Å². The van der Waals surface area contributed by atoms with Crippen molar-refractivity contribution in [2.75, 3.05) is 7.11 Å². The molecule has 0 aliphatic carbocycles. The van der Waals surface area contributed by atoms with Gasteiger partial charge in [0.1, 0.15) is 28.6 Å². The van der Waals surface area contributed by atoms with Gasteiger partial charge in [0.25, 0.3) is 0 Å². The molecule has 0 radical (unpaired) electrons. The minimum atomic E-state index is -0.00631. The van der Waals surface area contributed by atoms with Crippen LogP contribution in [0.2, 0.25) is 0 Å². The lowest BCUT2D eigenvalue weighted by Crippen LogP contribution is -1.92. The van der Waals surface area contributed by atoms with E-state index < -0.39 is 0 Å². The molecular weight excluding hydrogens is 364 g/mol. The summed E-state index contributed by atoms with van der Waals surface area (Å²) >= 11 is 0. The molecule has 2 aromatic carbocycles. The summed E-state index contributed by atoms with van der Waals surface area (Å²) in [7, 11) is 1.66. The average molecular weight is 392 g/mol. The summed E-state index contributed by atoms with van der Waals surface area (Å²) in [4.78, 5) is 0.